The van der Waals surface area contributed by atoms with Gasteiger partial charge in [0, 0.05) is 23.7 Å². The van der Waals surface area contributed by atoms with Crippen LogP contribution < -0.4 is 5.73 Å². The lowest BCUT2D eigenvalue weighted by Gasteiger charge is -2.37. The Morgan fingerprint density at radius 1 is 1.50 bits per heavy atom. The molecular weight excluding hydrogens is 291 g/mol. The van der Waals surface area contributed by atoms with Crippen molar-refractivity contribution < 1.29 is 17.9 Å². The zero-order chi connectivity index (χ0) is 14.3. The van der Waals surface area contributed by atoms with Crippen molar-refractivity contribution in [1.82, 2.24) is 9.88 Å². The molecule has 1 aromatic rings. The van der Waals surface area contributed by atoms with Gasteiger partial charge >= 0.3 is 6.18 Å². The van der Waals surface area contributed by atoms with Crippen molar-refractivity contribution in [1.29, 1.82) is 0 Å². The Morgan fingerprint density at radius 2 is 2.30 bits per heavy atom. The van der Waals surface area contributed by atoms with Crippen LogP contribution in [0.2, 0.25) is 0 Å². The van der Waals surface area contributed by atoms with Gasteiger partial charge in [-0.15, -0.1) is 11.3 Å². The fourth-order valence-corrected chi connectivity index (χ4v) is 3.65. The van der Waals surface area contributed by atoms with E-state index in [1.54, 1.807) is 0 Å². The van der Waals surface area contributed by atoms with Crippen LogP contribution in [0.5, 0.6) is 0 Å². The maximum Gasteiger partial charge on any atom is 0.443 e. The lowest BCUT2D eigenvalue weighted by Crippen LogP contribution is -2.49. The van der Waals surface area contributed by atoms with Crippen LogP contribution in [0.25, 0.3) is 0 Å². The molecule has 3 heterocycles. The molecule has 0 radical (unpaired) electrons. The summed E-state index contributed by atoms with van der Waals surface area (Å²) in [6.45, 7) is 2.32. The molecular formula is C12H16F3N3OS. The van der Waals surface area contributed by atoms with Gasteiger partial charge in [0.2, 0.25) is 0 Å². The number of nitrogens with two attached hydrogens (primary N) is 1. The highest BCUT2D eigenvalue weighted by Crippen LogP contribution is 2.36. The lowest BCUT2D eigenvalue weighted by atomic mass is 10.1. The van der Waals surface area contributed by atoms with Gasteiger partial charge in [-0.2, -0.15) is 13.2 Å². The molecule has 20 heavy (non-hydrogen) atoms. The van der Waals surface area contributed by atoms with Crippen LogP contribution in [0.4, 0.5) is 13.2 Å². The second kappa shape index (κ2) is 5.25. The Labute approximate surface area is 118 Å². The quantitative estimate of drug-likeness (QED) is 0.908. The number of aromatic nitrogens is 1. The molecule has 8 heteroatoms. The van der Waals surface area contributed by atoms with Crippen molar-refractivity contribution in [3.05, 3.63) is 16.1 Å². The van der Waals surface area contributed by atoms with Crippen LogP contribution >= 0.6 is 11.3 Å². The lowest BCUT2D eigenvalue weighted by molar-refractivity contribution is -0.137. The van der Waals surface area contributed by atoms with E-state index >= 15 is 0 Å². The normalized spacial score (nSPS) is 29.4. The molecule has 4 nitrogen and oxygen atoms in total. The van der Waals surface area contributed by atoms with E-state index in [0.29, 0.717) is 35.4 Å². The SMILES string of the molecule is NC(c1cnc(C(F)(F)F)s1)C1CN2CCCC2CO1. The molecule has 2 aliphatic heterocycles. The van der Waals surface area contributed by atoms with E-state index in [1.165, 1.54) is 6.20 Å². The number of alkyl halides is 3. The summed E-state index contributed by atoms with van der Waals surface area (Å²) in [5.41, 5.74) is 6.06. The highest BCUT2D eigenvalue weighted by molar-refractivity contribution is 7.11. The second-order valence-electron chi connectivity index (χ2n) is 5.25. The number of halogens is 3. The van der Waals surface area contributed by atoms with Gasteiger partial charge in [0.25, 0.3) is 0 Å². The van der Waals surface area contributed by atoms with Crippen LogP contribution in [0.1, 0.15) is 28.8 Å². The molecule has 112 valence electrons. The van der Waals surface area contributed by atoms with E-state index in [-0.39, 0.29) is 6.10 Å². The predicted molar refractivity (Wildman–Crippen MR) is 68.4 cm³/mol. The maximum absolute atomic E-state index is 12.6. The minimum absolute atomic E-state index is 0.258. The molecule has 0 spiro atoms. The number of hydrogen-bond donors (Lipinski definition) is 1. The molecule has 0 saturated carbocycles. The highest BCUT2D eigenvalue weighted by atomic mass is 32.1. The minimum atomic E-state index is -4.41. The van der Waals surface area contributed by atoms with Crippen LogP contribution in [0.15, 0.2) is 6.20 Å². The molecule has 0 aromatic carbocycles. The topological polar surface area (TPSA) is 51.4 Å². The Hall–Kier alpha value is -0.700. The third-order valence-corrected chi connectivity index (χ3v) is 5.05. The van der Waals surface area contributed by atoms with Gasteiger partial charge in [-0.3, -0.25) is 4.90 Å². The monoisotopic (exact) mass is 307 g/mol. The molecule has 2 saturated heterocycles. The third kappa shape index (κ3) is 2.69. The van der Waals surface area contributed by atoms with E-state index in [1.807, 2.05) is 0 Å². The highest BCUT2D eigenvalue weighted by Gasteiger charge is 2.38. The molecule has 1 aromatic heterocycles. The smallest absolute Gasteiger partial charge is 0.373 e. The summed E-state index contributed by atoms with van der Waals surface area (Å²) < 4.78 is 43.4. The Morgan fingerprint density at radius 3 is 3.00 bits per heavy atom. The van der Waals surface area contributed by atoms with Gasteiger partial charge in [-0.05, 0) is 19.4 Å². The third-order valence-electron chi connectivity index (χ3n) is 3.91. The molecule has 3 unspecified atom stereocenters. The van der Waals surface area contributed by atoms with Gasteiger partial charge in [-0.25, -0.2) is 4.98 Å². The predicted octanol–water partition coefficient (Wildman–Crippen LogP) is 2.02. The fourth-order valence-electron chi connectivity index (χ4n) is 2.81. The molecule has 0 bridgehead atoms. The Balaban J connectivity index is 1.69. The number of hydrogen-bond acceptors (Lipinski definition) is 5. The largest absolute Gasteiger partial charge is 0.443 e. The molecule has 0 amide bonds. The molecule has 3 atom stereocenters. The minimum Gasteiger partial charge on any atom is -0.373 e. The summed E-state index contributed by atoms with van der Waals surface area (Å²) in [6.07, 6.45) is -1.17. The number of thiazole rings is 1. The van der Waals surface area contributed by atoms with Crippen LogP contribution in [-0.2, 0) is 10.9 Å². The van der Waals surface area contributed by atoms with Crippen LogP contribution in [0.3, 0.4) is 0 Å². The average Bonchev–Trinajstić information content (AvgIpc) is 3.05. The van der Waals surface area contributed by atoms with Crippen molar-refractivity contribution in [2.24, 2.45) is 5.73 Å². The van der Waals surface area contributed by atoms with Crippen molar-refractivity contribution in [3.8, 4) is 0 Å². The van der Waals surface area contributed by atoms with Crippen LogP contribution in [0, 0.1) is 0 Å². The molecule has 3 rings (SSSR count). The van der Waals surface area contributed by atoms with Gasteiger partial charge in [0.1, 0.15) is 0 Å². The first-order valence-corrected chi connectivity index (χ1v) is 7.41. The second-order valence-corrected chi connectivity index (χ2v) is 6.32. The summed E-state index contributed by atoms with van der Waals surface area (Å²) in [4.78, 5) is 6.16. The van der Waals surface area contributed by atoms with E-state index in [4.69, 9.17) is 10.5 Å². The van der Waals surface area contributed by atoms with Crippen molar-refractivity contribution in [2.75, 3.05) is 19.7 Å². The molecule has 2 aliphatic rings. The zero-order valence-corrected chi connectivity index (χ0v) is 11.6. The van der Waals surface area contributed by atoms with Gasteiger partial charge in [0.05, 0.1) is 18.8 Å². The van der Waals surface area contributed by atoms with E-state index in [9.17, 15) is 13.2 Å². The first-order valence-electron chi connectivity index (χ1n) is 6.59. The Kier molecular flexibility index (Phi) is 3.74. The standard InChI is InChI=1S/C12H16F3N3OS/c13-12(14,15)11-17-4-9(20-11)10(16)8-5-18-3-1-2-7(18)6-19-8/h4,7-8,10H,1-3,5-6,16H2. The molecule has 2 N–H and O–H groups in total. The van der Waals surface area contributed by atoms with Crippen molar-refractivity contribution in [2.45, 2.75) is 37.2 Å². The number of rotatable bonds is 2. The van der Waals surface area contributed by atoms with Gasteiger partial charge < -0.3 is 10.5 Å². The van der Waals surface area contributed by atoms with Crippen LogP contribution in [-0.4, -0.2) is 41.7 Å². The first-order chi connectivity index (χ1) is 9.45. The van der Waals surface area contributed by atoms with E-state index < -0.39 is 17.2 Å². The summed E-state index contributed by atoms with van der Waals surface area (Å²) in [5.74, 6) is 0. The Bertz CT molecular complexity index is 479. The summed E-state index contributed by atoms with van der Waals surface area (Å²) >= 11 is 0.607. The van der Waals surface area contributed by atoms with E-state index in [0.717, 1.165) is 19.4 Å². The summed E-state index contributed by atoms with van der Waals surface area (Å²) in [7, 11) is 0. The fraction of sp³-hybridized carbons (Fsp3) is 0.750. The summed E-state index contributed by atoms with van der Waals surface area (Å²) in [5, 5.41) is -0.849. The van der Waals surface area contributed by atoms with Gasteiger partial charge in [0.15, 0.2) is 5.01 Å². The number of morpholine rings is 1. The zero-order valence-electron chi connectivity index (χ0n) is 10.8. The first kappa shape index (κ1) is 14.2. The molecule has 2 fully saturated rings. The molecule has 0 aliphatic carbocycles. The van der Waals surface area contributed by atoms with Gasteiger partial charge in [-0.1, -0.05) is 0 Å². The number of ether oxygens (including phenoxy) is 1. The average molecular weight is 307 g/mol. The van der Waals surface area contributed by atoms with E-state index in [2.05, 4.69) is 9.88 Å². The maximum atomic E-state index is 12.6. The number of nitrogens with zero attached hydrogens (tertiary/aromatic N) is 2. The summed E-state index contributed by atoms with van der Waals surface area (Å²) in [6, 6.07) is -0.101. The van der Waals surface area contributed by atoms with Crippen molar-refractivity contribution >= 4 is 11.3 Å². The van der Waals surface area contributed by atoms with Crippen molar-refractivity contribution in [3.63, 3.8) is 0 Å². The number of fused-ring (bicyclic) bond motifs is 1.